The van der Waals surface area contributed by atoms with Gasteiger partial charge in [-0.25, -0.2) is 4.98 Å². The number of rotatable bonds is 4. The number of aromatic nitrogens is 1. The van der Waals surface area contributed by atoms with Crippen molar-refractivity contribution < 1.29 is 0 Å². The molecular formula is C12H16N2S. The lowest BCUT2D eigenvalue weighted by atomic mass is 10.1. The zero-order valence-electron chi connectivity index (χ0n) is 9.16. The van der Waals surface area contributed by atoms with Crippen LogP contribution in [0.3, 0.4) is 0 Å². The molecule has 0 aliphatic carbocycles. The van der Waals surface area contributed by atoms with Crippen LogP contribution in [0.1, 0.15) is 20.3 Å². The summed E-state index contributed by atoms with van der Waals surface area (Å²) in [5.41, 5.74) is 0. The van der Waals surface area contributed by atoms with Crippen molar-refractivity contribution in [3.8, 4) is 0 Å². The van der Waals surface area contributed by atoms with Crippen LogP contribution < -0.4 is 5.32 Å². The minimum absolute atomic E-state index is 0.735. The topological polar surface area (TPSA) is 24.9 Å². The Balaban J connectivity index is 2.10. The van der Waals surface area contributed by atoms with Gasteiger partial charge in [0, 0.05) is 22.8 Å². The highest BCUT2D eigenvalue weighted by atomic mass is 32.1. The zero-order chi connectivity index (χ0) is 10.7. The predicted octanol–water partition coefficient (Wildman–Crippen LogP) is 3.75. The van der Waals surface area contributed by atoms with Gasteiger partial charge in [-0.2, -0.15) is 0 Å². The van der Waals surface area contributed by atoms with Crippen molar-refractivity contribution in [2.24, 2.45) is 5.92 Å². The Hall–Kier alpha value is -1.09. The van der Waals surface area contributed by atoms with Crippen LogP contribution in [0.4, 0.5) is 5.82 Å². The molecule has 80 valence electrons. The van der Waals surface area contributed by atoms with Crippen molar-refractivity contribution in [2.75, 3.05) is 11.9 Å². The smallest absolute Gasteiger partial charge is 0.134 e. The lowest BCUT2D eigenvalue weighted by molar-refractivity contribution is 0.607. The molecule has 0 aliphatic heterocycles. The number of thiophene rings is 1. The van der Waals surface area contributed by atoms with Gasteiger partial charge in [0.1, 0.15) is 5.82 Å². The highest BCUT2D eigenvalue weighted by Crippen LogP contribution is 2.25. The van der Waals surface area contributed by atoms with E-state index in [9.17, 15) is 0 Å². The summed E-state index contributed by atoms with van der Waals surface area (Å²) in [6, 6.07) is 4.19. The van der Waals surface area contributed by atoms with Crippen LogP contribution in [0.15, 0.2) is 23.7 Å². The first kappa shape index (κ1) is 10.4. The molecule has 0 unspecified atom stereocenters. The molecule has 0 fully saturated rings. The maximum Gasteiger partial charge on any atom is 0.134 e. The highest BCUT2D eigenvalue weighted by Gasteiger charge is 2.02. The van der Waals surface area contributed by atoms with Gasteiger partial charge >= 0.3 is 0 Å². The first-order valence-corrected chi connectivity index (χ1v) is 6.21. The summed E-state index contributed by atoms with van der Waals surface area (Å²) < 4.78 is 1.30. The zero-order valence-corrected chi connectivity index (χ0v) is 9.97. The molecule has 0 atom stereocenters. The van der Waals surface area contributed by atoms with Crippen LogP contribution in [-0.2, 0) is 0 Å². The van der Waals surface area contributed by atoms with Gasteiger partial charge in [-0.3, -0.25) is 0 Å². The SMILES string of the molecule is CC(C)CCNc1nccc2sccc12. The standard InChI is InChI=1S/C12H16N2S/c1-9(2)3-6-13-12-10-5-8-15-11(10)4-7-14-12/h4-5,7-9H,3,6H2,1-2H3,(H,13,14). The Labute approximate surface area is 94.3 Å². The monoisotopic (exact) mass is 220 g/mol. The molecule has 0 aliphatic rings. The van der Waals surface area contributed by atoms with E-state index >= 15 is 0 Å². The molecule has 2 aromatic heterocycles. The van der Waals surface area contributed by atoms with Crippen molar-refractivity contribution in [3.63, 3.8) is 0 Å². The molecule has 0 aromatic carbocycles. The number of anilines is 1. The fourth-order valence-electron chi connectivity index (χ4n) is 1.51. The van der Waals surface area contributed by atoms with Crippen LogP contribution in [0.2, 0.25) is 0 Å². The number of fused-ring (bicyclic) bond motifs is 1. The van der Waals surface area contributed by atoms with Crippen molar-refractivity contribution >= 4 is 27.2 Å². The van der Waals surface area contributed by atoms with E-state index in [4.69, 9.17) is 0 Å². The molecule has 15 heavy (non-hydrogen) atoms. The first-order valence-electron chi connectivity index (χ1n) is 5.33. The average Bonchev–Trinajstić information content (AvgIpc) is 2.65. The van der Waals surface area contributed by atoms with Gasteiger partial charge in [-0.1, -0.05) is 13.8 Å². The van der Waals surface area contributed by atoms with Gasteiger partial charge in [0.25, 0.3) is 0 Å². The second-order valence-electron chi connectivity index (χ2n) is 4.10. The molecule has 2 rings (SSSR count). The molecule has 0 saturated heterocycles. The van der Waals surface area contributed by atoms with Crippen molar-refractivity contribution in [1.82, 2.24) is 4.98 Å². The summed E-state index contributed by atoms with van der Waals surface area (Å²) in [6.45, 7) is 5.47. The van der Waals surface area contributed by atoms with E-state index in [0.29, 0.717) is 0 Å². The number of hydrogen-bond donors (Lipinski definition) is 1. The average molecular weight is 220 g/mol. The third kappa shape index (κ3) is 2.48. The number of nitrogens with one attached hydrogen (secondary N) is 1. The summed E-state index contributed by atoms with van der Waals surface area (Å²) in [5, 5.41) is 6.75. The summed E-state index contributed by atoms with van der Waals surface area (Å²) >= 11 is 1.76. The Morgan fingerprint density at radius 3 is 3.07 bits per heavy atom. The summed E-state index contributed by atoms with van der Waals surface area (Å²) in [6.07, 6.45) is 3.05. The molecule has 0 saturated carbocycles. The van der Waals surface area contributed by atoms with E-state index in [1.54, 1.807) is 11.3 Å². The van der Waals surface area contributed by atoms with Gasteiger partial charge in [0.15, 0.2) is 0 Å². The van der Waals surface area contributed by atoms with Crippen LogP contribution in [0.5, 0.6) is 0 Å². The van der Waals surface area contributed by atoms with Gasteiger partial charge < -0.3 is 5.32 Å². The second kappa shape index (κ2) is 4.62. The van der Waals surface area contributed by atoms with Gasteiger partial charge in [0.05, 0.1) is 0 Å². The van der Waals surface area contributed by atoms with Crippen molar-refractivity contribution in [2.45, 2.75) is 20.3 Å². The van der Waals surface area contributed by atoms with E-state index in [0.717, 1.165) is 18.3 Å². The van der Waals surface area contributed by atoms with E-state index in [1.807, 2.05) is 6.20 Å². The van der Waals surface area contributed by atoms with Crippen LogP contribution in [0.25, 0.3) is 10.1 Å². The van der Waals surface area contributed by atoms with E-state index in [2.05, 4.69) is 41.7 Å². The van der Waals surface area contributed by atoms with Crippen LogP contribution >= 0.6 is 11.3 Å². The molecule has 2 nitrogen and oxygen atoms in total. The quantitative estimate of drug-likeness (QED) is 0.848. The number of hydrogen-bond acceptors (Lipinski definition) is 3. The van der Waals surface area contributed by atoms with E-state index < -0.39 is 0 Å². The minimum atomic E-state index is 0.735. The lowest BCUT2D eigenvalue weighted by Gasteiger charge is -2.08. The third-order valence-electron chi connectivity index (χ3n) is 2.39. The first-order chi connectivity index (χ1) is 7.27. The fraction of sp³-hybridized carbons (Fsp3) is 0.417. The van der Waals surface area contributed by atoms with Crippen molar-refractivity contribution in [1.29, 1.82) is 0 Å². The number of pyridine rings is 1. The molecule has 0 radical (unpaired) electrons. The largest absolute Gasteiger partial charge is 0.370 e. The van der Waals surface area contributed by atoms with Gasteiger partial charge in [0.2, 0.25) is 0 Å². The molecule has 3 heteroatoms. The molecule has 2 heterocycles. The summed E-state index contributed by atoms with van der Waals surface area (Å²) in [4.78, 5) is 4.37. The molecule has 2 aromatic rings. The Morgan fingerprint density at radius 1 is 1.40 bits per heavy atom. The Kier molecular flexibility index (Phi) is 3.21. The number of nitrogens with zero attached hydrogens (tertiary/aromatic N) is 1. The normalized spacial score (nSPS) is 11.1. The van der Waals surface area contributed by atoms with Gasteiger partial charge in [-0.05, 0) is 29.9 Å². The van der Waals surface area contributed by atoms with Crippen LogP contribution in [-0.4, -0.2) is 11.5 Å². The fourth-order valence-corrected chi connectivity index (χ4v) is 2.30. The summed E-state index contributed by atoms with van der Waals surface area (Å²) in [5.74, 6) is 1.76. The maximum atomic E-state index is 4.37. The van der Waals surface area contributed by atoms with Gasteiger partial charge in [-0.15, -0.1) is 11.3 Å². The maximum absolute atomic E-state index is 4.37. The molecule has 0 spiro atoms. The van der Waals surface area contributed by atoms with E-state index in [-0.39, 0.29) is 0 Å². The lowest BCUT2D eigenvalue weighted by Crippen LogP contribution is -2.05. The molecular weight excluding hydrogens is 204 g/mol. The predicted molar refractivity (Wildman–Crippen MR) is 67.6 cm³/mol. The molecule has 0 bridgehead atoms. The Bertz CT molecular complexity index is 434. The molecule has 1 N–H and O–H groups in total. The highest BCUT2D eigenvalue weighted by molar-refractivity contribution is 7.17. The third-order valence-corrected chi connectivity index (χ3v) is 3.28. The Morgan fingerprint density at radius 2 is 2.27 bits per heavy atom. The summed E-state index contributed by atoms with van der Waals surface area (Å²) in [7, 11) is 0. The van der Waals surface area contributed by atoms with Crippen LogP contribution in [0, 0.1) is 5.92 Å². The van der Waals surface area contributed by atoms with Crippen molar-refractivity contribution in [3.05, 3.63) is 23.7 Å². The second-order valence-corrected chi connectivity index (χ2v) is 5.05. The molecule has 0 amide bonds. The van der Waals surface area contributed by atoms with E-state index in [1.165, 1.54) is 16.5 Å². The minimum Gasteiger partial charge on any atom is -0.370 e.